The number of furan rings is 1. The predicted molar refractivity (Wildman–Crippen MR) is 148 cm³/mol. The van der Waals surface area contributed by atoms with E-state index in [1.165, 1.54) is 19.3 Å². The molecule has 1 aliphatic heterocycles. The molecule has 0 bridgehead atoms. The summed E-state index contributed by atoms with van der Waals surface area (Å²) >= 11 is 0. The maximum Gasteiger partial charge on any atom is 0.250 e. The molecule has 1 aromatic carbocycles. The number of piperidine rings is 1. The average molecular weight is 529 g/mol. The molecule has 1 fully saturated rings. The van der Waals surface area contributed by atoms with Crippen molar-refractivity contribution in [3.63, 3.8) is 0 Å². The number of amides is 1. The molecule has 1 saturated heterocycles. The van der Waals surface area contributed by atoms with Crippen molar-refractivity contribution in [2.75, 3.05) is 25.4 Å². The summed E-state index contributed by atoms with van der Waals surface area (Å²) in [5.74, 6) is 1.30. The van der Waals surface area contributed by atoms with E-state index in [1.807, 2.05) is 18.3 Å². The highest BCUT2D eigenvalue weighted by molar-refractivity contribution is 7.89. The third-order valence-corrected chi connectivity index (χ3v) is 9.45. The number of carbonyl (C=O) groups is 1. The summed E-state index contributed by atoms with van der Waals surface area (Å²) in [6.45, 7) is 8.76. The van der Waals surface area contributed by atoms with Crippen molar-refractivity contribution in [1.82, 2.24) is 14.6 Å². The van der Waals surface area contributed by atoms with Gasteiger partial charge >= 0.3 is 0 Å². The summed E-state index contributed by atoms with van der Waals surface area (Å²) in [5.41, 5.74) is 9.80. The average Bonchev–Trinajstić information content (AvgIpc) is 3.54. The first-order valence-corrected chi connectivity index (χ1v) is 15.1. The molecule has 1 atom stereocenters. The molecule has 0 radical (unpaired) electrons. The number of unbranched alkanes of at least 4 members (excludes halogenated alkanes) is 1. The van der Waals surface area contributed by atoms with Crippen LogP contribution in [0.5, 0.6) is 0 Å². The number of carbonyl (C=O) groups excluding carboxylic acids is 1. The molecule has 1 aliphatic rings. The van der Waals surface area contributed by atoms with Crippen molar-refractivity contribution in [1.29, 1.82) is 0 Å². The fourth-order valence-corrected chi connectivity index (χ4v) is 6.43. The van der Waals surface area contributed by atoms with Gasteiger partial charge in [0.15, 0.2) is 0 Å². The Balaban J connectivity index is 1.54. The van der Waals surface area contributed by atoms with Crippen molar-refractivity contribution in [2.45, 2.75) is 65.3 Å². The molecule has 9 heteroatoms. The highest BCUT2D eigenvalue weighted by Gasteiger charge is 2.29. The molecular formula is C28H40N4O4S. The van der Waals surface area contributed by atoms with Crippen molar-refractivity contribution in [3.8, 4) is 11.1 Å². The van der Waals surface area contributed by atoms with Crippen LogP contribution in [0.3, 0.4) is 0 Å². The van der Waals surface area contributed by atoms with Crippen molar-refractivity contribution in [3.05, 3.63) is 47.5 Å². The van der Waals surface area contributed by atoms with Gasteiger partial charge in [0.1, 0.15) is 5.76 Å². The summed E-state index contributed by atoms with van der Waals surface area (Å²) in [6, 6.07) is 5.91. The number of primary amides is 1. The highest BCUT2D eigenvalue weighted by Crippen LogP contribution is 2.37. The molecule has 4 N–H and O–H groups in total. The van der Waals surface area contributed by atoms with Crippen LogP contribution in [0, 0.1) is 5.92 Å². The Morgan fingerprint density at radius 3 is 2.65 bits per heavy atom. The van der Waals surface area contributed by atoms with Crippen LogP contribution in [-0.4, -0.2) is 49.0 Å². The van der Waals surface area contributed by atoms with Crippen LogP contribution in [0.25, 0.3) is 22.0 Å². The van der Waals surface area contributed by atoms with Crippen LogP contribution in [-0.2, 0) is 16.6 Å². The summed E-state index contributed by atoms with van der Waals surface area (Å²) in [6.07, 6.45) is 8.82. The highest BCUT2D eigenvalue weighted by atomic mass is 32.2. The van der Waals surface area contributed by atoms with Crippen molar-refractivity contribution in [2.24, 2.45) is 11.7 Å². The van der Waals surface area contributed by atoms with Gasteiger partial charge in [0.25, 0.3) is 5.91 Å². The first-order valence-electron chi connectivity index (χ1n) is 13.4. The maximum atomic E-state index is 12.4. The predicted octanol–water partition coefficient (Wildman–Crippen LogP) is 4.97. The standard InChI is InChI=1S/C28H40N4O4S/c1-4-6-7-19(3)15-30-16-23-12-22(18-36-23)21-13-24-26(17-31-27(24)25(14-21)28(29)33)20-8-10-32(11-9-20)37(34,35)5-2/h12-14,17-20,30-31H,4-11,15-16H2,1-3H3,(H2,29,33). The Hall–Kier alpha value is -2.62. The lowest BCUT2D eigenvalue weighted by Crippen LogP contribution is -2.38. The first-order chi connectivity index (χ1) is 17.7. The molecular weight excluding hydrogens is 488 g/mol. The minimum Gasteiger partial charge on any atom is -0.467 e. The SMILES string of the molecule is CCCCC(C)CNCc1cc(-c2cc(C(N)=O)c3[nH]cc(C4CCN(S(=O)(=O)CC)CC4)c3c2)co1. The Labute approximate surface area is 220 Å². The largest absolute Gasteiger partial charge is 0.467 e. The zero-order chi connectivity index (χ0) is 26.6. The number of nitrogens with one attached hydrogen (secondary N) is 2. The fourth-order valence-electron chi connectivity index (χ4n) is 5.30. The third-order valence-electron chi connectivity index (χ3n) is 7.57. The summed E-state index contributed by atoms with van der Waals surface area (Å²) in [7, 11) is -3.18. The molecule has 202 valence electrons. The molecule has 0 saturated carbocycles. The van der Waals surface area contributed by atoms with Gasteiger partial charge in [0, 0.05) is 30.2 Å². The summed E-state index contributed by atoms with van der Waals surface area (Å²) < 4.78 is 32.0. The quantitative estimate of drug-likeness (QED) is 0.306. The van der Waals surface area contributed by atoms with E-state index >= 15 is 0 Å². The zero-order valence-corrected chi connectivity index (χ0v) is 23.0. The summed E-state index contributed by atoms with van der Waals surface area (Å²) in [5, 5.41) is 4.43. The Kier molecular flexibility index (Phi) is 8.77. The first kappa shape index (κ1) is 27.4. The minimum atomic E-state index is -3.18. The number of hydrogen-bond acceptors (Lipinski definition) is 5. The number of aromatic amines is 1. The number of rotatable bonds is 12. The van der Waals surface area contributed by atoms with Crippen LogP contribution in [0.2, 0.25) is 0 Å². The molecule has 0 aliphatic carbocycles. The second-order valence-electron chi connectivity index (χ2n) is 10.3. The number of sulfonamides is 1. The van der Waals surface area contributed by atoms with Gasteiger partial charge in [-0.3, -0.25) is 4.79 Å². The fraction of sp³-hybridized carbons (Fsp3) is 0.536. The lowest BCUT2D eigenvalue weighted by Gasteiger charge is -2.31. The smallest absolute Gasteiger partial charge is 0.250 e. The van der Waals surface area contributed by atoms with Gasteiger partial charge in [0.05, 0.1) is 29.6 Å². The van der Waals surface area contributed by atoms with E-state index in [9.17, 15) is 13.2 Å². The molecule has 0 spiro atoms. The van der Waals surface area contributed by atoms with E-state index in [-0.39, 0.29) is 11.7 Å². The molecule has 2 aromatic heterocycles. The minimum absolute atomic E-state index is 0.121. The number of hydrogen-bond donors (Lipinski definition) is 3. The number of fused-ring (bicyclic) bond motifs is 1. The lowest BCUT2D eigenvalue weighted by molar-refractivity contribution is 0.100. The normalized spacial score (nSPS) is 16.4. The van der Waals surface area contributed by atoms with Crippen LogP contribution < -0.4 is 11.1 Å². The number of nitrogens with two attached hydrogens (primary N) is 1. The monoisotopic (exact) mass is 528 g/mol. The van der Waals surface area contributed by atoms with Crippen molar-refractivity contribution >= 4 is 26.8 Å². The van der Waals surface area contributed by atoms with Gasteiger partial charge in [-0.25, -0.2) is 12.7 Å². The van der Waals surface area contributed by atoms with Gasteiger partial charge in [-0.1, -0.05) is 26.7 Å². The molecule has 8 nitrogen and oxygen atoms in total. The second-order valence-corrected chi connectivity index (χ2v) is 12.6. The van der Waals surface area contributed by atoms with Crippen LogP contribution >= 0.6 is 0 Å². The van der Waals surface area contributed by atoms with E-state index in [4.69, 9.17) is 10.2 Å². The third kappa shape index (κ3) is 6.27. The van der Waals surface area contributed by atoms with E-state index in [0.29, 0.717) is 31.1 Å². The Morgan fingerprint density at radius 2 is 1.97 bits per heavy atom. The number of benzene rings is 1. The Morgan fingerprint density at radius 1 is 1.22 bits per heavy atom. The van der Waals surface area contributed by atoms with E-state index in [1.54, 1.807) is 17.5 Å². The van der Waals surface area contributed by atoms with Crippen LogP contribution in [0.1, 0.15) is 80.5 Å². The zero-order valence-electron chi connectivity index (χ0n) is 22.2. The lowest BCUT2D eigenvalue weighted by atomic mass is 9.88. The number of nitrogens with zero attached hydrogens (tertiary/aromatic N) is 1. The molecule has 37 heavy (non-hydrogen) atoms. The molecule has 1 unspecified atom stereocenters. The topological polar surface area (TPSA) is 121 Å². The van der Waals surface area contributed by atoms with E-state index in [2.05, 4.69) is 30.2 Å². The summed E-state index contributed by atoms with van der Waals surface area (Å²) in [4.78, 5) is 15.6. The molecule has 1 amide bonds. The number of H-pyrrole nitrogens is 1. The molecule has 3 aromatic rings. The van der Waals surface area contributed by atoms with Gasteiger partial charge in [0.2, 0.25) is 10.0 Å². The number of aromatic nitrogens is 1. The second kappa shape index (κ2) is 11.8. The Bertz CT molecular complexity index is 1320. The molecule has 4 rings (SSSR count). The maximum absolute atomic E-state index is 12.4. The van der Waals surface area contributed by atoms with E-state index in [0.717, 1.165) is 52.7 Å². The van der Waals surface area contributed by atoms with Gasteiger partial charge in [-0.15, -0.1) is 0 Å². The van der Waals surface area contributed by atoms with Gasteiger partial charge < -0.3 is 20.5 Å². The van der Waals surface area contributed by atoms with Gasteiger partial charge in [-0.2, -0.15) is 0 Å². The van der Waals surface area contributed by atoms with E-state index < -0.39 is 15.9 Å². The van der Waals surface area contributed by atoms with Crippen LogP contribution in [0.15, 0.2) is 35.1 Å². The van der Waals surface area contributed by atoms with Crippen molar-refractivity contribution < 1.29 is 17.6 Å². The van der Waals surface area contributed by atoms with Crippen LogP contribution in [0.4, 0.5) is 0 Å². The van der Waals surface area contributed by atoms with Gasteiger partial charge in [-0.05, 0) is 73.9 Å². The molecule has 3 heterocycles.